The van der Waals surface area contributed by atoms with Gasteiger partial charge in [0.15, 0.2) is 0 Å². The van der Waals surface area contributed by atoms with Gasteiger partial charge in [0.1, 0.15) is 11.6 Å². The molecule has 0 bridgehead atoms. The monoisotopic (exact) mass is 271 g/mol. The average molecular weight is 271 g/mol. The molecule has 106 valence electrons. The summed E-state index contributed by atoms with van der Waals surface area (Å²) in [6, 6.07) is 8.10. The van der Waals surface area contributed by atoms with Crippen molar-refractivity contribution in [3.63, 3.8) is 0 Å². The Morgan fingerprint density at radius 2 is 1.90 bits per heavy atom. The molecule has 0 saturated carbocycles. The number of rotatable bonds is 5. The molecule has 0 atom stereocenters. The van der Waals surface area contributed by atoms with E-state index in [0.717, 1.165) is 46.9 Å². The number of methoxy groups -OCH3 is 1. The lowest BCUT2D eigenvalue weighted by atomic mass is 10.0. The number of nitrogens with zero attached hydrogens (tertiary/aromatic N) is 2. The molecule has 0 aliphatic heterocycles. The molecule has 1 heterocycles. The van der Waals surface area contributed by atoms with Gasteiger partial charge in [0.2, 0.25) is 0 Å². The highest BCUT2D eigenvalue weighted by molar-refractivity contribution is 5.66. The van der Waals surface area contributed by atoms with Crippen molar-refractivity contribution in [3.8, 4) is 17.0 Å². The number of aryl methyl sites for hydroxylation is 2. The smallest absolute Gasteiger partial charge is 0.148 e. The molecular weight excluding hydrogens is 250 g/mol. The molecule has 2 rings (SSSR count). The SMILES string of the molecule is CCCNc1ccc(-c2cc(C)c(OC)cc2C)nn1. The van der Waals surface area contributed by atoms with Gasteiger partial charge in [0.25, 0.3) is 0 Å². The van der Waals surface area contributed by atoms with Crippen molar-refractivity contribution in [2.75, 3.05) is 19.0 Å². The number of nitrogens with one attached hydrogen (secondary N) is 1. The molecule has 20 heavy (non-hydrogen) atoms. The summed E-state index contributed by atoms with van der Waals surface area (Å²) in [5.74, 6) is 1.72. The molecule has 0 saturated heterocycles. The van der Waals surface area contributed by atoms with E-state index in [-0.39, 0.29) is 0 Å². The summed E-state index contributed by atoms with van der Waals surface area (Å²) in [5, 5.41) is 11.7. The summed E-state index contributed by atoms with van der Waals surface area (Å²) in [4.78, 5) is 0. The van der Waals surface area contributed by atoms with Gasteiger partial charge in [-0.15, -0.1) is 10.2 Å². The Labute approximate surface area is 120 Å². The highest BCUT2D eigenvalue weighted by Gasteiger charge is 2.08. The molecule has 1 N–H and O–H groups in total. The van der Waals surface area contributed by atoms with E-state index in [1.54, 1.807) is 7.11 Å². The van der Waals surface area contributed by atoms with Crippen LogP contribution in [0.2, 0.25) is 0 Å². The largest absolute Gasteiger partial charge is 0.496 e. The van der Waals surface area contributed by atoms with Crippen LogP contribution in [0.3, 0.4) is 0 Å². The van der Waals surface area contributed by atoms with Gasteiger partial charge in [-0.25, -0.2) is 0 Å². The van der Waals surface area contributed by atoms with Gasteiger partial charge in [-0.3, -0.25) is 0 Å². The zero-order valence-electron chi connectivity index (χ0n) is 12.5. The summed E-state index contributed by atoms with van der Waals surface area (Å²) >= 11 is 0. The molecule has 0 amide bonds. The second kappa shape index (κ2) is 6.37. The second-order valence-corrected chi connectivity index (χ2v) is 4.87. The molecule has 4 heteroatoms. The van der Waals surface area contributed by atoms with Gasteiger partial charge < -0.3 is 10.1 Å². The third-order valence-electron chi connectivity index (χ3n) is 3.24. The Morgan fingerprint density at radius 3 is 2.50 bits per heavy atom. The van der Waals surface area contributed by atoms with E-state index in [1.807, 2.05) is 25.1 Å². The van der Waals surface area contributed by atoms with Gasteiger partial charge in [-0.1, -0.05) is 6.92 Å². The first kappa shape index (κ1) is 14.3. The number of ether oxygens (including phenoxy) is 1. The van der Waals surface area contributed by atoms with Gasteiger partial charge in [0.05, 0.1) is 12.8 Å². The van der Waals surface area contributed by atoms with Crippen molar-refractivity contribution in [1.29, 1.82) is 0 Å². The molecule has 4 nitrogen and oxygen atoms in total. The number of hydrogen-bond donors (Lipinski definition) is 1. The van der Waals surface area contributed by atoms with Crippen LogP contribution in [0.25, 0.3) is 11.3 Å². The highest BCUT2D eigenvalue weighted by atomic mass is 16.5. The zero-order chi connectivity index (χ0) is 14.5. The second-order valence-electron chi connectivity index (χ2n) is 4.87. The summed E-state index contributed by atoms with van der Waals surface area (Å²) in [6.07, 6.45) is 1.07. The molecule has 0 spiro atoms. The van der Waals surface area contributed by atoms with Crippen LogP contribution in [-0.4, -0.2) is 23.9 Å². The molecule has 1 aromatic carbocycles. The topological polar surface area (TPSA) is 47.0 Å². The van der Waals surface area contributed by atoms with Crippen molar-refractivity contribution in [2.24, 2.45) is 0 Å². The first-order chi connectivity index (χ1) is 9.65. The fraction of sp³-hybridized carbons (Fsp3) is 0.375. The summed E-state index contributed by atoms with van der Waals surface area (Å²) in [7, 11) is 1.69. The van der Waals surface area contributed by atoms with Crippen molar-refractivity contribution in [2.45, 2.75) is 27.2 Å². The fourth-order valence-electron chi connectivity index (χ4n) is 2.11. The quantitative estimate of drug-likeness (QED) is 0.902. The van der Waals surface area contributed by atoms with Gasteiger partial charge in [0, 0.05) is 12.1 Å². The summed E-state index contributed by atoms with van der Waals surface area (Å²) in [6.45, 7) is 7.13. The van der Waals surface area contributed by atoms with Crippen LogP contribution in [0, 0.1) is 13.8 Å². The van der Waals surface area contributed by atoms with Crippen LogP contribution in [0.4, 0.5) is 5.82 Å². The van der Waals surface area contributed by atoms with E-state index in [4.69, 9.17) is 4.74 Å². The molecular formula is C16H21N3O. The lowest BCUT2D eigenvalue weighted by Gasteiger charge is -2.11. The van der Waals surface area contributed by atoms with Crippen LogP contribution < -0.4 is 10.1 Å². The van der Waals surface area contributed by atoms with Crippen molar-refractivity contribution < 1.29 is 4.74 Å². The molecule has 0 aliphatic rings. The predicted molar refractivity (Wildman–Crippen MR) is 82.3 cm³/mol. The van der Waals surface area contributed by atoms with Gasteiger partial charge in [-0.05, 0) is 55.7 Å². The van der Waals surface area contributed by atoms with Crippen LogP contribution in [0.5, 0.6) is 5.75 Å². The number of hydrogen-bond acceptors (Lipinski definition) is 4. The molecule has 1 aromatic heterocycles. The summed E-state index contributed by atoms with van der Waals surface area (Å²) < 4.78 is 5.33. The maximum absolute atomic E-state index is 5.33. The minimum Gasteiger partial charge on any atom is -0.496 e. The van der Waals surface area contributed by atoms with Crippen LogP contribution >= 0.6 is 0 Å². The van der Waals surface area contributed by atoms with E-state index in [0.29, 0.717) is 0 Å². The molecule has 0 aliphatic carbocycles. The van der Waals surface area contributed by atoms with E-state index in [9.17, 15) is 0 Å². The van der Waals surface area contributed by atoms with Crippen molar-refractivity contribution >= 4 is 5.82 Å². The van der Waals surface area contributed by atoms with Crippen molar-refractivity contribution in [3.05, 3.63) is 35.4 Å². The van der Waals surface area contributed by atoms with E-state index in [2.05, 4.69) is 35.4 Å². The Hall–Kier alpha value is -2.10. The zero-order valence-corrected chi connectivity index (χ0v) is 12.5. The van der Waals surface area contributed by atoms with Gasteiger partial charge >= 0.3 is 0 Å². The standard InChI is InChI=1S/C16H21N3O/c1-5-8-17-16-7-6-14(18-19-16)13-9-12(3)15(20-4)10-11(13)2/h6-7,9-10H,5,8H2,1-4H3,(H,17,19). The van der Waals surface area contributed by atoms with E-state index in [1.165, 1.54) is 0 Å². The Balaban J connectivity index is 2.29. The van der Waals surface area contributed by atoms with Gasteiger partial charge in [-0.2, -0.15) is 0 Å². The average Bonchev–Trinajstić information content (AvgIpc) is 2.47. The first-order valence-electron chi connectivity index (χ1n) is 6.89. The Morgan fingerprint density at radius 1 is 1.10 bits per heavy atom. The third-order valence-corrected chi connectivity index (χ3v) is 3.24. The van der Waals surface area contributed by atoms with Crippen molar-refractivity contribution in [1.82, 2.24) is 10.2 Å². The predicted octanol–water partition coefficient (Wildman–Crippen LogP) is 3.59. The Bertz CT molecular complexity index is 579. The molecule has 0 unspecified atom stereocenters. The highest BCUT2D eigenvalue weighted by Crippen LogP contribution is 2.28. The van der Waals surface area contributed by atoms with Crippen LogP contribution in [0.15, 0.2) is 24.3 Å². The summed E-state index contributed by atoms with van der Waals surface area (Å²) in [5.41, 5.74) is 4.22. The normalized spacial score (nSPS) is 10.4. The fourth-order valence-corrected chi connectivity index (χ4v) is 2.11. The minimum atomic E-state index is 0.818. The van der Waals surface area contributed by atoms with E-state index >= 15 is 0 Å². The van der Waals surface area contributed by atoms with Crippen LogP contribution in [-0.2, 0) is 0 Å². The molecule has 0 fully saturated rings. The molecule has 2 aromatic rings. The number of benzene rings is 1. The maximum atomic E-state index is 5.33. The molecule has 0 radical (unpaired) electrons. The first-order valence-corrected chi connectivity index (χ1v) is 6.89. The lowest BCUT2D eigenvalue weighted by Crippen LogP contribution is -2.03. The van der Waals surface area contributed by atoms with E-state index < -0.39 is 0 Å². The maximum Gasteiger partial charge on any atom is 0.148 e. The third kappa shape index (κ3) is 3.07. The Kier molecular flexibility index (Phi) is 4.56. The lowest BCUT2D eigenvalue weighted by molar-refractivity contribution is 0.411. The number of aromatic nitrogens is 2. The van der Waals surface area contributed by atoms with Crippen LogP contribution in [0.1, 0.15) is 24.5 Å². The number of anilines is 1. The minimum absolute atomic E-state index is 0.818.